The van der Waals surface area contributed by atoms with E-state index in [0.29, 0.717) is 0 Å². The summed E-state index contributed by atoms with van der Waals surface area (Å²) in [5.41, 5.74) is 0.141. The number of hydrogen-bond acceptors (Lipinski definition) is 2. The molecule has 1 aliphatic rings. The molecule has 0 saturated heterocycles. The number of rotatable bonds is 5. The molecule has 1 rings (SSSR count). The molecule has 2 nitrogen and oxygen atoms in total. The largest absolute Gasteiger partial charge is 0.389 e. The molecule has 1 fully saturated rings. The first-order valence-corrected chi connectivity index (χ1v) is 6.62. The van der Waals surface area contributed by atoms with Gasteiger partial charge in [-0.25, -0.2) is 0 Å². The van der Waals surface area contributed by atoms with Crippen LogP contribution in [0.2, 0.25) is 0 Å². The molecule has 108 valence electrons. The minimum absolute atomic E-state index is 0.0342. The lowest BCUT2D eigenvalue weighted by atomic mass is 9.72. The Balaban J connectivity index is 2.36. The molecular weight excluding hydrogens is 243 g/mol. The topological polar surface area (TPSA) is 21.3 Å². The van der Waals surface area contributed by atoms with E-state index in [4.69, 9.17) is 4.74 Å². The van der Waals surface area contributed by atoms with E-state index in [9.17, 15) is 13.2 Å². The number of alkyl halides is 3. The van der Waals surface area contributed by atoms with Crippen molar-refractivity contribution in [1.82, 2.24) is 5.32 Å². The maximum atomic E-state index is 12.0. The zero-order valence-electron chi connectivity index (χ0n) is 11.4. The Hall–Kier alpha value is -0.290. The van der Waals surface area contributed by atoms with Gasteiger partial charge >= 0.3 is 6.18 Å². The third kappa shape index (κ3) is 4.76. The molecule has 18 heavy (non-hydrogen) atoms. The fraction of sp³-hybridized carbons (Fsp3) is 1.00. The molecule has 0 spiro atoms. The van der Waals surface area contributed by atoms with Crippen molar-refractivity contribution in [2.75, 3.05) is 13.7 Å². The van der Waals surface area contributed by atoms with Gasteiger partial charge in [-0.2, -0.15) is 13.2 Å². The van der Waals surface area contributed by atoms with Crippen LogP contribution >= 0.6 is 0 Å². The van der Waals surface area contributed by atoms with Crippen LogP contribution in [0.4, 0.5) is 13.2 Å². The lowest BCUT2D eigenvalue weighted by Gasteiger charge is -2.43. The highest BCUT2D eigenvalue weighted by molar-refractivity contribution is 4.93. The van der Waals surface area contributed by atoms with Crippen LogP contribution in [-0.2, 0) is 4.74 Å². The van der Waals surface area contributed by atoms with Gasteiger partial charge in [-0.15, -0.1) is 0 Å². The number of hydrogen-bond donors (Lipinski definition) is 1. The van der Waals surface area contributed by atoms with E-state index in [-0.39, 0.29) is 30.6 Å². The van der Waals surface area contributed by atoms with Crippen LogP contribution in [0.15, 0.2) is 0 Å². The molecule has 0 aliphatic heterocycles. The average molecular weight is 267 g/mol. The lowest BCUT2D eigenvalue weighted by Crippen LogP contribution is -2.52. The van der Waals surface area contributed by atoms with Gasteiger partial charge in [-0.05, 0) is 31.7 Å². The summed E-state index contributed by atoms with van der Waals surface area (Å²) in [5, 5.41) is 3.25. The Morgan fingerprint density at radius 1 is 1.33 bits per heavy atom. The van der Waals surface area contributed by atoms with Gasteiger partial charge in [0.25, 0.3) is 0 Å². The van der Waals surface area contributed by atoms with Crippen LogP contribution in [0.25, 0.3) is 0 Å². The fourth-order valence-electron chi connectivity index (χ4n) is 2.85. The Morgan fingerprint density at radius 2 is 2.00 bits per heavy atom. The van der Waals surface area contributed by atoms with Gasteiger partial charge in [0.05, 0.1) is 6.10 Å². The second-order valence-electron chi connectivity index (χ2n) is 5.78. The van der Waals surface area contributed by atoms with Crippen molar-refractivity contribution in [3.63, 3.8) is 0 Å². The van der Waals surface area contributed by atoms with Crippen molar-refractivity contribution in [2.45, 2.75) is 64.3 Å². The van der Waals surface area contributed by atoms with Crippen molar-refractivity contribution < 1.29 is 17.9 Å². The fourth-order valence-corrected chi connectivity index (χ4v) is 2.85. The third-order valence-corrected chi connectivity index (χ3v) is 3.77. The maximum Gasteiger partial charge on any atom is 0.389 e. The summed E-state index contributed by atoms with van der Waals surface area (Å²) in [4.78, 5) is 0. The van der Waals surface area contributed by atoms with Gasteiger partial charge in [0.2, 0.25) is 0 Å². The average Bonchev–Trinajstić information content (AvgIpc) is 2.22. The molecular formula is C13H24F3NO. The van der Waals surface area contributed by atoms with Gasteiger partial charge in [0, 0.05) is 19.1 Å². The van der Waals surface area contributed by atoms with Crippen LogP contribution in [0.3, 0.4) is 0 Å². The molecule has 2 unspecified atom stereocenters. The second-order valence-corrected chi connectivity index (χ2v) is 5.78. The maximum absolute atomic E-state index is 12.0. The number of likely N-dealkylation sites (N-methyl/N-ethyl adjacent to an activating group) is 1. The molecule has 0 aromatic rings. The van der Waals surface area contributed by atoms with Gasteiger partial charge in [-0.1, -0.05) is 20.3 Å². The normalized spacial score (nSPS) is 28.3. The molecule has 5 heteroatoms. The van der Waals surface area contributed by atoms with Crippen molar-refractivity contribution in [1.29, 1.82) is 0 Å². The van der Waals surface area contributed by atoms with Crippen LogP contribution in [-0.4, -0.2) is 32.0 Å². The van der Waals surface area contributed by atoms with E-state index in [0.717, 1.165) is 19.3 Å². The Kier molecular flexibility index (Phi) is 5.46. The van der Waals surface area contributed by atoms with Crippen LogP contribution in [0.5, 0.6) is 0 Å². The Labute approximate surface area is 107 Å². The standard InChI is InChI=1S/C13H24F3NO/c1-12(2)7-4-6-10(11(12)17-3)18-9-5-8-13(14,15)16/h10-11,17H,4-9H2,1-3H3. The van der Waals surface area contributed by atoms with E-state index in [1.54, 1.807) is 0 Å². The highest BCUT2D eigenvalue weighted by Crippen LogP contribution is 2.37. The first-order chi connectivity index (χ1) is 8.26. The van der Waals surface area contributed by atoms with E-state index >= 15 is 0 Å². The summed E-state index contributed by atoms with van der Waals surface area (Å²) in [6.07, 6.45) is -1.61. The minimum atomic E-state index is -4.07. The minimum Gasteiger partial charge on any atom is -0.377 e. The van der Waals surface area contributed by atoms with Gasteiger partial charge in [0.1, 0.15) is 0 Å². The van der Waals surface area contributed by atoms with Crippen molar-refractivity contribution in [3.8, 4) is 0 Å². The number of halogens is 3. The van der Waals surface area contributed by atoms with E-state index in [1.165, 1.54) is 0 Å². The van der Waals surface area contributed by atoms with Crippen molar-refractivity contribution >= 4 is 0 Å². The zero-order chi connectivity index (χ0) is 13.8. The summed E-state index contributed by atoms with van der Waals surface area (Å²) < 4.78 is 41.7. The molecule has 0 heterocycles. The number of ether oxygens (including phenoxy) is 1. The molecule has 2 atom stereocenters. The van der Waals surface area contributed by atoms with Crippen molar-refractivity contribution in [3.05, 3.63) is 0 Å². The van der Waals surface area contributed by atoms with Crippen LogP contribution < -0.4 is 5.32 Å². The number of nitrogens with one attached hydrogen (secondary N) is 1. The predicted molar refractivity (Wildman–Crippen MR) is 65.5 cm³/mol. The van der Waals surface area contributed by atoms with Gasteiger partial charge in [-0.3, -0.25) is 0 Å². The summed E-state index contributed by atoms with van der Waals surface area (Å²) in [5.74, 6) is 0. The SMILES string of the molecule is CNC1C(OCCCC(F)(F)F)CCCC1(C)C. The molecule has 1 aliphatic carbocycles. The molecule has 0 bridgehead atoms. The van der Waals surface area contributed by atoms with E-state index in [1.807, 2.05) is 7.05 Å². The first-order valence-electron chi connectivity index (χ1n) is 6.62. The molecule has 0 amide bonds. The molecule has 1 N–H and O–H groups in total. The summed E-state index contributed by atoms with van der Waals surface area (Å²) >= 11 is 0. The van der Waals surface area contributed by atoms with Crippen LogP contribution in [0, 0.1) is 5.41 Å². The second kappa shape index (κ2) is 6.24. The first kappa shape index (κ1) is 15.8. The highest BCUT2D eigenvalue weighted by Gasteiger charge is 2.38. The molecule has 0 aromatic heterocycles. The van der Waals surface area contributed by atoms with E-state index < -0.39 is 12.6 Å². The smallest absolute Gasteiger partial charge is 0.377 e. The Morgan fingerprint density at radius 3 is 2.56 bits per heavy atom. The Bertz CT molecular complexity index is 253. The highest BCUT2D eigenvalue weighted by atomic mass is 19.4. The summed E-state index contributed by atoms with van der Waals surface area (Å²) in [7, 11) is 1.89. The quantitative estimate of drug-likeness (QED) is 0.770. The molecule has 1 saturated carbocycles. The summed E-state index contributed by atoms with van der Waals surface area (Å²) in [6, 6.07) is 0.220. The summed E-state index contributed by atoms with van der Waals surface area (Å²) in [6.45, 7) is 4.55. The van der Waals surface area contributed by atoms with Gasteiger partial charge < -0.3 is 10.1 Å². The van der Waals surface area contributed by atoms with Gasteiger partial charge in [0.15, 0.2) is 0 Å². The molecule has 0 aromatic carbocycles. The van der Waals surface area contributed by atoms with E-state index in [2.05, 4.69) is 19.2 Å². The lowest BCUT2D eigenvalue weighted by molar-refractivity contribution is -0.140. The van der Waals surface area contributed by atoms with Crippen molar-refractivity contribution in [2.24, 2.45) is 5.41 Å². The third-order valence-electron chi connectivity index (χ3n) is 3.77. The monoisotopic (exact) mass is 267 g/mol. The zero-order valence-corrected chi connectivity index (χ0v) is 11.4. The predicted octanol–water partition coefficient (Wildman–Crippen LogP) is 3.51. The molecule has 0 radical (unpaired) electrons. The van der Waals surface area contributed by atoms with Crippen LogP contribution in [0.1, 0.15) is 46.0 Å².